The van der Waals surface area contributed by atoms with Gasteiger partial charge in [0.05, 0.1) is 12.6 Å². The Balaban J connectivity index is 2.69. The van der Waals surface area contributed by atoms with Gasteiger partial charge in [0.15, 0.2) is 0 Å². The maximum atomic E-state index is 11.8. The number of rotatable bonds is 7. The quantitative estimate of drug-likeness (QED) is 0.754. The summed E-state index contributed by atoms with van der Waals surface area (Å²) < 4.78 is 27.3. The molecule has 0 aliphatic heterocycles. The average Bonchev–Trinajstić information content (AvgIpc) is 2.37. The molecule has 0 aliphatic carbocycles. The molecule has 0 heterocycles. The third-order valence-corrected chi connectivity index (χ3v) is 4.43. The van der Waals surface area contributed by atoms with Crippen LogP contribution in [0.4, 0.5) is 0 Å². The van der Waals surface area contributed by atoms with Crippen LogP contribution in [0.1, 0.15) is 12.5 Å². The molecule has 0 bridgehead atoms. The van der Waals surface area contributed by atoms with Crippen LogP contribution in [0.3, 0.4) is 0 Å². The number of hydrogen-bond donors (Lipinski definition) is 2. The molecule has 0 radical (unpaired) electrons. The lowest BCUT2D eigenvalue weighted by atomic mass is 10.1. The first kappa shape index (κ1) is 15.1. The molecule has 0 aromatic heterocycles. The summed E-state index contributed by atoms with van der Waals surface area (Å²) in [5.74, 6) is 0. The highest BCUT2D eigenvalue weighted by molar-refractivity contribution is 7.87. The smallest absolute Gasteiger partial charge is 0.279 e. The summed E-state index contributed by atoms with van der Waals surface area (Å²) in [5, 5.41) is 9.26. The van der Waals surface area contributed by atoms with E-state index in [9.17, 15) is 13.5 Å². The molecule has 0 saturated heterocycles. The molecule has 0 amide bonds. The largest absolute Gasteiger partial charge is 0.395 e. The van der Waals surface area contributed by atoms with Crippen LogP contribution in [0.25, 0.3) is 0 Å². The summed E-state index contributed by atoms with van der Waals surface area (Å²) in [7, 11) is -2.02. The first-order valence-corrected chi connectivity index (χ1v) is 7.32. The lowest BCUT2D eigenvalue weighted by Crippen LogP contribution is -2.46. The van der Waals surface area contributed by atoms with Crippen LogP contribution in [0, 0.1) is 0 Å². The standard InChI is InChI=1S/C12H20N2O3S/c1-3-14(2)18(16,17)13-12(10-15)9-11-7-5-4-6-8-11/h4-8,12-13,15H,3,9-10H2,1-2H3. The summed E-state index contributed by atoms with van der Waals surface area (Å²) in [5.41, 5.74) is 0.985. The highest BCUT2D eigenvalue weighted by atomic mass is 32.2. The van der Waals surface area contributed by atoms with Crippen molar-refractivity contribution in [1.29, 1.82) is 0 Å². The fourth-order valence-corrected chi connectivity index (χ4v) is 2.61. The van der Waals surface area contributed by atoms with Crippen molar-refractivity contribution in [3.05, 3.63) is 35.9 Å². The van der Waals surface area contributed by atoms with Crippen molar-refractivity contribution < 1.29 is 13.5 Å². The molecule has 0 saturated carbocycles. The Morgan fingerprint density at radius 1 is 1.33 bits per heavy atom. The Hall–Kier alpha value is -0.950. The van der Waals surface area contributed by atoms with Crippen molar-refractivity contribution in [3.8, 4) is 0 Å². The van der Waals surface area contributed by atoms with Crippen molar-refractivity contribution >= 4 is 10.2 Å². The molecule has 0 aliphatic rings. The molecule has 6 heteroatoms. The average molecular weight is 272 g/mol. The van der Waals surface area contributed by atoms with E-state index in [1.807, 2.05) is 30.3 Å². The van der Waals surface area contributed by atoms with Gasteiger partial charge in [-0.25, -0.2) is 0 Å². The molecular formula is C12H20N2O3S. The maximum absolute atomic E-state index is 11.8. The van der Waals surface area contributed by atoms with Gasteiger partial charge in [0.1, 0.15) is 0 Å². The number of benzene rings is 1. The van der Waals surface area contributed by atoms with E-state index in [0.29, 0.717) is 13.0 Å². The van der Waals surface area contributed by atoms with Gasteiger partial charge in [-0.3, -0.25) is 0 Å². The number of aliphatic hydroxyl groups is 1. The minimum absolute atomic E-state index is 0.230. The predicted octanol–water partition coefficient (Wildman–Crippen LogP) is 0.376. The van der Waals surface area contributed by atoms with Crippen molar-refractivity contribution in [2.75, 3.05) is 20.2 Å². The van der Waals surface area contributed by atoms with Gasteiger partial charge in [0.2, 0.25) is 0 Å². The fourth-order valence-electron chi connectivity index (χ4n) is 1.51. The number of nitrogens with one attached hydrogen (secondary N) is 1. The summed E-state index contributed by atoms with van der Waals surface area (Å²) in [4.78, 5) is 0. The minimum atomic E-state index is -3.52. The van der Waals surface area contributed by atoms with Gasteiger partial charge in [-0.05, 0) is 12.0 Å². The van der Waals surface area contributed by atoms with Gasteiger partial charge in [-0.15, -0.1) is 0 Å². The second kappa shape index (κ2) is 6.84. The van der Waals surface area contributed by atoms with Crippen LogP contribution in [0.2, 0.25) is 0 Å². The Morgan fingerprint density at radius 3 is 2.44 bits per heavy atom. The normalized spacial score (nSPS) is 13.8. The zero-order valence-electron chi connectivity index (χ0n) is 10.7. The first-order valence-electron chi connectivity index (χ1n) is 5.88. The van der Waals surface area contributed by atoms with E-state index in [1.54, 1.807) is 6.92 Å². The summed E-state index contributed by atoms with van der Waals surface area (Å²) in [6.45, 7) is 1.91. The zero-order chi connectivity index (χ0) is 13.6. The minimum Gasteiger partial charge on any atom is -0.395 e. The van der Waals surface area contributed by atoms with Crippen molar-refractivity contribution in [1.82, 2.24) is 9.03 Å². The Morgan fingerprint density at radius 2 is 1.94 bits per heavy atom. The van der Waals surface area contributed by atoms with Crippen LogP contribution >= 0.6 is 0 Å². The molecule has 1 rings (SSSR count). The Bertz CT molecular complexity index is 448. The van der Waals surface area contributed by atoms with Crippen LogP contribution in [0.15, 0.2) is 30.3 Å². The topological polar surface area (TPSA) is 69.6 Å². The molecule has 1 unspecified atom stereocenters. The molecule has 1 aromatic rings. The highest BCUT2D eigenvalue weighted by Crippen LogP contribution is 2.05. The van der Waals surface area contributed by atoms with E-state index in [2.05, 4.69) is 4.72 Å². The van der Waals surface area contributed by atoms with E-state index in [1.165, 1.54) is 11.4 Å². The van der Waals surface area contributed by atoms with E-state index in [0.717, 1.165) is 5.56 Å². The number of nitrogens with zero attached hydrogens (tertiary/aromatic N) is 1. The molecule has 5 nitrogen and oxygen atoms in total. The van der Waals surface area contributed by atoms with Crippen LogP contribution in [0.5, 0.6) is 0 Å². The third kappa shape index (κ3) is 4.38. The van der Waals surface area contributed by atoms with Gasteiger partial charge >= 0.3 is 0 Å². The summed E-state index contributed by atoms with van der Waals surface area (Å²) >= 11 is 0. The number of hydrogen-bond acceptors (Lipinski definition) is 3. The predicted molar refractivity (Wildman–Crippen MR) is 71.4 cm³/mol. The molecule has 1 atom stereocenters. The molecule has 18 heavy (non-hydrogen) atoms. The lowest BCUT2D eigenvalue weighted by molar-refractivity contribution is 0.254. The molecule has 2 N–H and O–H groups in total. The third-order valence-electron chi connectivity index (χ3n) is 2.72. The van der Waals surface area contributed by atoms with Crippen molar-refractivity contribution in [3.63, 3.8) is 0 Å². The van der Waals surface area contributed by atoms with Crippen molar-refractivity contribution in [2.45, 2.75) is 19.4 Å². The monoisotopic (exact) mass is 272 g/mol. The molecule has 1 aromatic carbocycles. The summed E-state index contributed by atoms with van der Waals surface area (Å²) in [6.07, 6.45) is 0.466. The van der Waals surface area contributed by atoms with Crippen LogP contribution in [-0.4, -0.2) is 44.1 Å². The highest BCUT2D eigenvalue weighted by Gasteiger charge is 2.20. The SMILES string of the molecule is CCN(C)S(=O)(=O)NC(CO)Cc1ccccc1. The molecule has 0 spiro atoms. The van der Waals surface area contributed by atoms with E-state index < -0.39 is 16.3 Å². The van der Waals surface area contributed by atoms with Crippen LogP contribution < -0.4 is 4.72 Å². The number of aliphatic hydroxyl groups excluding tert-OH is 1. The lowest BCUT2D eigenvalue weighted by Gasteiger charge is -2.21. The second-order valence-corrected chi connectivity index (χ2v) is 5.92. The Labute approximate surface area is 109 Å². The van der Waals surface area contributed by atoms with E-state index >= 15 is 0 Å². The van der Waals surface area contributed by atoms with Gasteiger partial charge in [-0.1, -0.05) is 37.3 Å². The zero-order valence-corrected chi connectivity index (χ0v) is 11.5. The molecule has 102 valence electrons. The first-order chi connectivity index (χ1) is 8.49. The van der Waals surface area contributed by atoms with Gasteiger partial charge in [0, 0.05) is 13.6 Å². The van der Waals surface area contributed by atoms with Gasteiger partial charge in [0.25, 0.3) is 10.2 Å². The molecular weight excluding hydrogens is 252 g/mol. The van der Waals surface area contributed by atoms with E-state index in [-0.39, 0.29) is 6.61 Å². The maximum Gasteiger partial charge on any atom is 0.279 e. The van der Waals surface area contributed by atoms with Gasteiger partial charge in [-0.2, -0.15) is 17.4 Å². The van der Waals surface area contributed by atoms with Crippen molar-refractivity contribution in [2.24, 2.45) is 0 Å². The van der Waals surface area contributed by atoms with Crippen LogP contribution in [-0.2, 0) is 16.6 Å². The molecule has 0 fully saturated rings. The fraction of sp³-hybridized carbons (Fsp3) is 0.500. The Kier molecular flexibility index (Phi) is 5.74. The second-order valence-electron chi connectivity index (χ2n) is 4.11. The van der Waals surface area contributed by atoms with Gasteiger partial charge < -0.3 is 5.11 Å². The van der Waals surface area contributed by atoms with E-state index in [4.69, 9.17) is 0 Å². The summed E-state index contributed by atoms with van der Waals surface area (Å²) in [6, 6.07) is 8.96.